The lowest BCUT2D eigenvalue weighted by molar-refractivity contribution is -0.132. The zero-order chi connectivity index (χ0) is 22.1. The number of anilines is 1. The summed E-state index contributed by atoms with van der Waals surface area (Å²) in [4.78, 5) is 34.2. The van der Waals surface area contributed by atoms with E-state index in [9.17, 15) is 9.59 Å². The molecule has 162 valence electrons. The Morgan fingerprint density at radius 3 is 2.38 bits per heavy atom. The zero-order valence-electron chi connectivity index (χ0n) is 17.8. The number of benzene rings is 2. The van der Waals surface area contributed by atoms with Crippen molar-refractivity contribution in [3.05, 3.63) is 76.8 Å². The average Bonchev–Trinajstić information content (AvgIpc) is 3.27. The molecule has 0 aliphatic carbocycles. The second-order valence-corrected chi connectivity index (χ2v) is 7.89. The monoisotopic (exact) mass is 429 g/mol. The Bertz CT molecular complexity index is 1300. The number of rotatable bonds is 4. The third-order valence-corrected chi connectivity index (χ3v) is 5.77. The number of amides is 1. The molecule has 2 aromatic carbocycles. The van der Waals surface area contributed by atoms with E-state index >= 15 is 0 Å². The molecular formula is C23H23N7O2. The second-order valence-electron chi connectivity index (χ2n) is 7.89. The topological polar surface area (TPSA) is 89.1 Å². The van der Waals surface area contributed by atoms with Gasteiger partial charge in [0.15, 0.2) is 11.2 Å². The lowest BCUT2D eigenvalue weighted by Gasteiger charge is -2.36. The van der Waals surface area contributed by atoms with Crippen molar-refractivity contribution in [2.45, 2.75) is 13.5 Å². The molecule has 0 radical (unpaired) electrons. The summed E-state index contributed by atoms with van der Waals surface area (Å²) in [5.74, 6) is -0.105. The standard InChI is InChI=1S/C23H23N7O2/c1-17-7-9-19(10-8-17)30-22-21(25-26-30)23(32)29(16-24-22)15-20(31)28-13-11-27(12-14-28)18-5-3-2-4-6-18/h2-10,16H,11-15H2,1H3. The summed E-state index contributed by atoms with van der Waals surface area (Å²) in [6, 6.07) is 17.9. The lowest BCUT2D eigenvalue weighted by atomic mass is 10.2. The Morgan fingerprint density at radius 2 is 1.66 bits per heavy atom. The summed E-state index contributed by atoms with van der Waals surface area (Å²) >= 11 is 0. The van der Waals surface area contributed by atoms with E-state index in [-0.39, 0.29) is 23.5 Å². The maximum Gasteiger partial charge on any atom is 0.284 e. The van der Waals surface area contributed by atoms with Crippen LogP contribution in [-0.4, -0.2) is 61.5 Å². The molecule has 1 amide bonds. The Morgan fingerprint density at radius 1 is 0.938 bits per heavy atom. The normalized spacial score (nSPS) is 14.2. The molecule has 4 aromatic rings. The minimum atomic E-state index is -0.371. The number of carbonyl (C=O) groups excluding carboxylic acids is 1. The highest BCUT2D eigenvalue weighted by atomic mass is 16.2. The van der Waals surface area contributed by atoms with E-state index < -0.39 is 0 Å². The molecule has 9 nitrogen and oxygen atoms in total. The van der Waals surface area contributed by atoms with Gasteiger partial charge < -0.3 is 9.80 Å². The Balaban J connectivity index is 1.30. The quantitative estimate of drug-likeness (QED) is 0.490. The van der Waals surface area contributed by atoms with Crippen LogP contribution in [0.15, 0.2) is 65.7 Å². The van der Waals surface area contributed by atoms with E-state index in [0.717, 1.165) is 30.0 Å². The predicted octanol–water partition coefficient (Wildman–Crippen LogP) is 1.63. The van der Waals surface area contributed by atoms with Gasteiger partial charge in [-0.05, 0) is 31.2 Å². The van der Waals surface area contributed by atoms with Gasteiger partial charge in [-0.1, -0.05) is 41.1 Å². The highest BCUT2D eigenvalue weighted by molar-refractivity contribution is 5.77. The highest BCUT2D eigenvalue weighted by Crippen LogP contribution is 2.16. The van der Waals surface area contributed by atoms with Crippen LogP contribution in [-0.2, 0) is 11.3 Å². The molecule has 0 saturated carbocycles. The van der Waals surface area contributed by atoms with Crippen LogP contribution in [0.5, 0.6) is 0 Å². The van der Waals surface area contributed by atoms with Crippen molar-refractivity contribution < 1.29 is 4.79 Å². The zero-order valence-corrected chi connectivity index (χ0v) is 17.8. The molecule has 1 aliphatic heterocycles. The number of aromatic nitrogens is 5. The van der Waals surface area contributed by atoms with Crippen molar-refractivity contribution in [3.63, 3.8) is 0 Å². The summed E-state index contributed by atoms with van der Waals surface area (Å²) in [6.07, 6.45) is 1.40. The molecular weight excluding hydrogens is 406 g/mol. The van der Waals surface area contributed by atoms with Gasteiger partial charge >= 0.3 is 0 Å². The maximum atomic E-state index is 12.9. The van der Waals surface area contributed by atoms with Crippen LogP contribution in [0.4, 0.5) is 5.69 Å². The van der Waals surface area contributed by atoms with Crippen LogP contribution in [0.1, 0.15) is 5.56 Å². The molecule has 0 N–H and O–H groups in total. The van der Waals surface area contributed by atoms with Gasteiger partial charge in [0.05, 0.1) is 5.69 Å². The number of para-hydroxylation sites is 1. The number of carbonyl (C=O) groups is 1. The molecule has 2 aromatic heterocycles. The lowest BCUT2D eigenvalue weighted by Crippen LogP contribution is -2.50. The van der Waals surface area contributed by atoms with Gasteiger partial charge in [0.1, 0.15) is 12.9 Å². The molecule has 5 rings (SSSR count). The molecule has 3 heterocycles. The van der Waals surface area contributed by atoms with E-state index in [1.165, 1.54) is 15.6 Å². The van der Waals surface area contributed by atoms with Crippen molar-refractivity contribution in [2.24, 2.45) is 0 Å². The first-order valence-electron chi connectivity index (χ1n) is 10.6. The van der Waals surface area contributed by atoms with E-state index in [0.29, 0.717) is 18.7 Å². The second kappa shape index (κ2) is 8.26. The third kappa shape index (κ3) is 3.73. The van der Waals surface area contributed by atoms with E-state index in [2.05, 4.69) is 32.3 Å². The first kappa shape index (κ1) is 19.9. The fraction of sp³-hybridized carbons (Fsp3) is 0.261. The summed E-state index contributed by atoms with van der Waals surface area (Å²) < 4.78 is 2.84. The predicted molar refractivity (Wildman–Crippen MR) is 121 cm³/mol. The first-order valence-corrected chi connectivity index (χ1v) is 10.6. The molecule has 1 fully saturated rings. The summed E-state index contributed by atoms with van der Waals surface area (Å²) in [6.45, 7) is 4.67. The van der Waals surface area contributed by atoms with Crippen LogP contribution >= 0.6 is 0 Å². The Kier molecular flexibility index (Phi) is 5.14. The van der Waals surface area contributed by atoms with Crippen molar-refractivity contribution >= 4 is 22.8 Å². The molecule has 0 unspecified atom stereocenters. The van der Waals surface area contributed by atoms with Crippen LogP contribution in [0, 0.1) is 6.92 Å². The number of hydrogen-bond donors (Lipinski definition) is 0. The minimum Gasteiger partial charge on any atom is -0.368 e. The molecule has 0 bridgehead atoms. The van der Waals surface area contributed by atoms with Crippen LogP contribution in [0.2, 0.25) is 0 Å². The summed E-state index contributed by atoms with van der Waals surface area (Å²) in [5.41, 5.74) is 3.20. The van der Waals surface area contributed by atoms with Crippen LogP contribution in [0.25, 0.3) is 16.9 Å². The SMILES string of the molecule is Cc1ccc(-n2nnc3c(=O)n(CC(=O)N4CCN(c5ccccc5)CC4)cnc32)cc1. The molecule has 0 spiro atoms. The van der Waals surface area contributed by atoms with E-state index in [4.69, 9.17) is 0 Å². The number of fused-ring (bicyclic) bond motifs is 1. The van der Waals surface area contributed by atoms with Crippen LogP contribution in [0.3, 0.4) is 0 Å². The van der Waals surface area contributed by atoms with Crippen molar-refractivity contribution in [1.82, 2.24) is 29.4 Å². The van der Waals surface area contributed by atoms with Gasteiger partial charge in [-0.2, -0.15) is 4.68 Å². The number of hydrogen-bond acceptors (Lipinski definition) is 6. The molecule has 9 heteroatoms. The maximum absolute atomic E-state index is 12.9. The van der Waals surface area contributed by atoms with Crippen LogP contribution < -0.4 is 10.5 Å². The van der Waals surface area contributed by atoms with E-state index in [1.54, 1.807) is 4.90 Å². The molecule has 0 atom stereocenters. The number of aryl methyl sites for hydroxylation is 1. The molecule has 1 aliphatic rings. The van der Waals surface area contributed by atoms with E-state index in [1.807, 2.05) is 49.4 Å². The van der Waals surface area contributed by atoms with Gasteiger partial charge in [-0.15, -0.1) is 5.10 Å². The average molecular weight is 429 g/mol. The minimum absolute atomic E-state index is 0.0650. The van der Waals surface area contributed by atoms with Gasteiger partial charge in [0.25, 0.3) is 5.56 Å². The summed E-state index contributed by atoms with van der Waals surface area (Å²) in [7, 11) is 0. The highest BCUT2D eigenvalue weighted by Gasteiger charge is 2.22. The Hall–Kier alpha value is -4.01. The van der Waals surface area contributed by atoms with Crippen molar-refractivity contribution in [1.29, 1.82) is 0 Å². The smallest absolute Gasteiger partial charge is 0.284 e. The van der Waals surface area contributed by atoms with Crippen molar-refractivity contribution in [3.8, 4) is 5.69 Å². The van der Waals surface area contributed by atoms with Gasteiger partial charge in [0, 0.05) is 31.9 Å². The third-order valence-electron chi connectivity index (χ3n) is 5.77. The van der Waals surface area contributed by atoms with Gasteiger partial charge in [-0.3, -0.25) is 14.2 Å². The van der Waals surface area contributed by atoms with Gasteiger partial charge in [-0.25, -0.2) is 4.98 Å². The largest absolute Gasteiger partial charge is 0.368 e. The molecule has 1 saturated heterocycles. The Labute approximate surface area is 184 Å². The van der Waals surface area contributed by atoms with Gasteiger partial charge in [0.2, 0.25) is 5.91 Å². The fourth-order valence-corrected chi connectivity index (χ4v) is 3.92. The number of piperazine rings is 1. The number of nitrogens with zero attached hydrogens (tertiary/aromatic N) is 7. The fourth-order valence-electron chi connectivity index (χ4n) is 3.92. The molecule has 32 heavy (non-hydrogen) atoms. The summed E-state index contributed by atoms with van der Waals surface area (Å²) in [5, 5.41) is 8.12. The van der Waals surface area contributed by atoms with Crippen molar-refractivity contribution in [2.75, 3.05) is 31.1 Å². The first-order chi connectivity index (χ1) is 15.6.